The van der Waals surface area contributed by atoms with E-state index in [2.05, 4.69) is 54.0 Å². The Morgan fingerprint density at radius 3 is 2.67 bits per heavy atom. The highest BCUT2D eigenvalue weighted by Gasteiger charge is 2.24. The van der Waals surface area contributed by atoms with Gasteiger partial charge in [0, 0.05) is 31.4 Å². The van der Waals surface area contributed by atoms with Crippen molar-refractivity contribution in [2.45, 2.75) is 52.2 Å². The molecule has 0 bridgehead atoms. The number of nitrogens with zero attached hydrogens (tertiary/aromatic N) is 2. The van der Waals surface area contributed by atoms with Gasteiger partial charge in [0.2, 0.25) is 0 Å². The van der Waals surface area contributed by atoms with Crippen molar-refractivity contribution in [2.75, 3.05) is 13.1 Å². The number of pyridine rings is 1. The molecule has 1 fully saturated rings. The summed E-state index contributed by atoms with van der Waals surface area (Å²) in [5, 5.41) is 3.48. The van der Waals surface area contributed by atoms with Crippen LogP contribution in [0.25, 0.3) is 0 Å². The van der Waals surface area contributed by atoms with Crippen LogP contribution < -0.4 is 5.32 Å². The lowest BCUT2D eigenvalue weighted by molar-refractivity contribution is 0.283. The molecule has 2 rings (SSSR count). The summed E-state index contributed by atoms with van der Waals surface area (Å²) in [6.45, 7) is 10.0. The van der Waals surface area contributed by atoms with Crippen LogP contribution in [0.3, 0.4) is 0 Å². The Hall–Kier alpha value is -1.37. The van der Waals surface area contributed by atoms with Crippen LogP contribution in [0.15, 0.2) is 18.3 Å². The first-order valence-electron chi connectivity index (χ1n) is 7.81. The summed E-state index contributed by atoms with van der Waals surface area (Å²) in [7, 11) is 0. The van der Waals surface area contributed by atoms with Crippen LogP contribution in [0.1, 0.15) is 44.9 Å². The molecule has 0 saturated heterocycles. The molecule has 1 aliphatic rings. The molecule has 1 saturated carbocycles. The van der Waals surface area contributed by atoms with Crippen LogP contribution >= 0.6 is 0 Å². The molecule has 0 spiro atoms. The van der Waals surface area contributed by atoms with Gasteiger partial charge in [-0.3, -0.25) is 9.88 Å². The van der Waals surface area contributed by atoms with Gasteiger partial charge in [-0.15, -0.1) is 6.42 Å². The van der Waals surface area contributed by atoms with Crippen molar-refractivity contribution in [3.05, 3.63) is 29.6 Å². The fourth-order valence-corrected chi connectivity index (χ4v) is 2.23. The van der Waals surface area contributed by atoms with E-state index < -0.39 is 0 Å². The maximum atomic E-state index is 5.46. The van der Waals surface area contributed by atoms with E-state index in [9.17, 15) is 0 Å². The number of terminal acetylenes is 1. The SMILES string of the molecule is C#CCN(Cc1ccc(CNC(C)(C)C)cn1)CC1CC1. The van der Waals surface area contributed by atoms with Crippen LogP contribution in [0.4, 0.5) is 0 Å². The molecular weight excluding hydrogens is 258 g/mol. The first kappa shape index (κ1) is 16.0. The van der Waals surface area contributed by atoms with Crippen molar-refractivity contribution in [1.82, 2.24) is 15.2 Å². The predicted molar refractivity (Wildman–Crippen MR) is 87.7 cm³/mol. The van der Waals surface area contributed by atoms with Crippen molar-refractivity contribution in [2.24, 2.45) is 5.92 Å². The van der Waals surface area contributed by atoms with Crippen LogP contribution in [-0.4, -0.2) is 28.5 Å². The van der Waals surface area contributed by atoms with Crippen LogP contribution in [0, 0.1) is 18.3 Å². The van der Waals surface area contributed by atoms with Gasteiger partial charge in [-0.25, -0.2) is 0 Å². The summed E-state index contributed by atoms with van der Waals surface area (Å²) in [4.78, 5) is 6.91. The number of rotatable bonds is 7. The Labute approximate surface area is 129 Å². The molecule has 0 atom stereocenters. The zero-order valence-corrected chi connectivity index (χ0v) is 13.5. The topological polar surface area (TPSA) is 28.2 Å². The van der Waals surface area contributed by atoms with E-state index in [0.717, 1.165) is 31.2 Å². The molecule has 1 aliphatic carbocycles. The molecule has 0 amide bonds. The summed E-state index contributed by atoms with van der Waals surface area (Å²) in [6, 6.07) is 4.28. The van der Waals surface area contributed by atoms with Crippen molar-refractivity contribution in [3.8, 4) is 12.3 Å². The number of hydrogen-bond donors (Lipinski definition) is 1. The molecule has 0 aromatic carbocycles. The zero-order chi connectivity index (χ0) is 15.3. The Morgan fingerprint density at radius 1 is 1.38 bits per heavy atom. The molecule has 0 unspecified atom stereocenters. The van der Waals surface area contributed by atoms with Crippen molar-refractivity contribution in [3.63, 3.8) is 0 Å². The van der Waals surface area contributed by atoms with E-state index in [-0.39, 0.29) is 5.54 Å². The maximum Gasteiger partial charge on any atom is 0.0602 e. The van der Waals surface area contributed by atoms with Gasteiger partial charge in [-0.05, 0) is 51.2 Å². The molecular formula is C18H27N3. The zero-order valence-electron chi connectivity index (χ0n) is 13.5. The monoisotopic (exact) mass is 285 g/mol. The highest BCUT2D eigenvalue weighted by atomic mass is 15.1. The molecule has 114 valence electrons. The van der Waals surface area contributed by atoms with Crippen LogP contribution in [-0.2, 0) is 13.1 Å². The molecule has 3 nitrogen and oxygen atoms in total. The Kier molecular flexibility index (Phi) is 5.39. The van der Waals surface area contributed by atoms with E-state index in [1.165, 1.54) is 18.4 Å². The van der Waals surface area contributed by atoms with Gasteiger partial charge in [0.25, 0.3) is 0 Å². The van der Waals surface area contributed by atoms with E-state index in [0.29, 0.717) is 6.54 Å². The third-order valence-electron chi connectivity index (χ3n) is 3.62. The second kappa shape index (κ2) is 7.06. The highest BCUT2D eigenvalue weighted by Crippen LogP contribution is 2.29. The minimum absolute atomic E-state index is 0.131. The number of nitrogens with one attached hydrogen (secondary N) is 1. The van der Waals surface area contributed by atoms with Gasteiger partial charge >= 0.3 is 0 Å². The first-order chi connectivity index (χ1) is 9.96. The highest BCUT2D eigenvalue weighted by molar-refractivity contribution is 5.14. The Bertz CT molecular complexity index is 475. The molecule has 3 heteroatoms. The van der Waals surface area contributed by atoms with Gasteiger partial charge < -0.3 is 5.32 Å². The first-order valence-corrected chi connectivity index (χ1v) is 7.81. The van der Waals surface area contributed by atoms with Gasteiger partial charge in [0.1, 0.15) is 0 Å². The molecule has 1 heterocycles. The fraction of sp³-hybridized carbons (Fsp3) is 0.611. The van der Waals surface area contributed by atoms with Gasteiger partial charge in [-0.1, -0.05) is 12.0 Å². The van der Waals surface area contributed by atoms with Crippen LogP contribution in [0.5, 0.6) is 0 Å². The smallest absolute Gasteiger partial charge is 0.0602 e. The average Bonchev–Trinajstić information content (AvgIpc) is 3.21. The van der Waals surface area contributed by atoms with Crippen molar-refractivity contribution in [1.29, 1.82) is 0 Å². The normalized spacial score (nSPS) is 15.2. The molecule has 1 aromatic heterocycles. The van der Waals surface area contributed by atoms with Crippen molar-refractivity contribution < 1.29 is 0 Å². The second-order valence-corrected chi connectivity index (χ2v) is 7.08. The number of hydrogen-bond acceptors (Lipinski definition) is 3. The summed E-state index contributed by atoms with van der Waals surface area (Å²) in [5.74, 6) is 3.61. The molecule has 1 aromatic rings. The van der Waals surface area contributed by atoms with E-state index in [1.807, 2.05) is 6.20 Å². The van der Waals surface area contributed by atoms with Crippen molar-refractivity contribution >= 4 is 0 Å². The van der Waals surface area contributed by atoms with E-state index in [4.69, 9.17) is 6.42 Å². The summed E-state index contributed by atoms with van der Waals surface area (Å²) < 4.78 is 0. The van der Waals surface area contributed by atoms with Gasteiger partial charge in [0.05, 0.1) is 12.2 Å². The third kappa shape index (κ3) is 6.29. The van der Waals surface area contributed by atoms with Gasteiger partial charge in [0.15, 0.2) is 0 Å². The third-order valence-corrected chi connectivity index (χ3v) is 3.62. The van der Waals surface area contributed by atoms with E-state index in [1.54, 1.807) is 0 Å². The quantitative estimate of drug-likeness (QED) is 0.781. The molecule has 21 heavy (non-hydrogen) atoms. The molecule has 1 N–H and O–H groups in total. The van der Waals surface area contributed by atoms with Crippen LogP contribution in [0.2, 0.25) is 0 Å². The fourth-order valence-electron chi connectivity index (χ4n) is 2.23. The standard InChI is InChI=1S/C18H27N3/c1-5-10-21(13-15-6-7-15)14-17-9-8-16(11-19-17)12-20-18(2,3)4/h1,8-9,11,15,20H,6-7,10,12-14H2,2-4H3. The molecule has 0 radical (unpaired) electrons. The number of aromatic nitrogens is 1. The lowest BCUT2D eigenvalue weighted by Gasteiger charge is -2.21. The Morgan fingerprint density at radius 2 is 2.14 bits per heavy atom. The summed E-state index contributed by atoms with van der Waals surface area (Å²) in [5.41, 5.74) is 2.46. The van der Waals surface area contributed by atoms with Gasteiger partial charge in [-0.2, -0.15) is 0 Å². The summed E-state index contributed by atoms with van der Waals surface area (Å²) >= 11 is 0. The lowest BCUT2D eigenvalue weighted by Crippen LogP contribution is -2.35. The minimum atomic E-state index is 0.131. The second-order valence-electron chi connectivity index (χ2n) is 7.08. The van der Waals surface area contributed by atoms with E-state index >= 15 is 0 Å². The lowest BCUT2D eigenvalue weighted by atomic mass is 10.1. The maximum absolute atomic E-state index is 5.46. The molecule has 0 aliphatic heterocycles. The summed E-state index contributed by atoms with van der Waals surface area (Å²) in [6.07, 6.45) is 10.1. The minimum Gasteiger partial charge on any atom is -0.308 e. The largest absolute Gasteiger partial charge is 0.308 e. The average molecular weight is 285 g/mol. The predicted octanol–water partition coefficient (Wildman–Crippen LogP) is 2.81. The Balaban J connectivity index is 1.86.